The smallest absolute Gasteiger partial charge is 0.260 e. The van der Waals surface area contributed by atoms with Gasteiger partial charge >= 0.3 is 0 Å². The summed E-state index contributed by atoms with van der Waals surface area (Å²) >= 11 is 0. The number of benzene rings is 1. The summed E-state index contributed by atoms with van der Waals surface area (Å²) in [6, 6.07) is 5.34. The number of amides is 1. The molecule has 2 rings (SSSR count). The van der Waals surface area contributed by atoms with Gasteiger partial charge in [-0.25, -0.2) is 4.98 Å². The second-order valence-electron chi connectivity index (χ2n) is 4.45. The van der Waals surface area contributed by atoms with E-state index >= 15 is 0 Å². The van der Waals surface area contributed by atoms with Gasteiger partial charge in [0, 0.05) is 0 Å². The Labute approximate surface area is 116 Å². The number of carbonyl (C=O) groups is 1. The molecule has 0 saturated heterocycles. The number of hydrazine groups is 1. The molecule has 0 aliphatic heterocycles. The summed E-state index contributed by atoms with van der Waals surface area (Å²) in [4.78, 5) is 16.4. The number of nitrogens with two attached hydrogens (primary N) is 1. The molecule has 0 spiro atoms. The Kier molecular flexibility index (Phi) is 3.90. The quantitative estimate of drug-likeness (QED) is 0.575. The predicted molar refractivity (Wildman–Crippen MR) is 76.2 cm³/mol. The molecule has 0 atom stereocenters. The number of nitrogens with zero attached hydrogens (tertiary/aromatic N) is 3. The Morgan fingerprint density at radius 1 is 1.15 bits per heavy atom. The maximum absolute atomic E-state index is 12.2. The topological polar surface area (TPSA) is 106 Å². The van der Waals surface area contributed by atoms with Gasteiger partial charge in [0.1, 0.15) is 0 Å². The SMILES string of the molecule is Cc1ccc(NN)c(C(=O)Nc2nnc(C)c(C)n2)c1. The van der Waals surface area contributed by atoms with E-state index in [4.69, 9.17) is 5.84 Å². The van der Waals surface area contributed by atoms with Crippen molar-refractivity contribution in [3.8, 4) is 0 Å². The van der Waals surface area contributed by atoms with Crippen LogP contribution in [0.5, 0.6) is 0 Å². The number of carbonyl (C=O) groups excluding carboxylic acids is 1. The zero-order chi connectivity index (χ0) is 14.7. The van der Waals surface area contributed by atoms with E-state index < -0.39 is 0 Å². The van der Waals surface area contributed by atoms with Gasteiger partial charge in [-0.15, -0.1) is 5.10 Å². The molecule has 0 unspecified atom stereocenters. The molecule has 0 aliphatic rings. The second-order valence-corrected chi connectivity index (χ2v) is 4.45. The molecule has 0 saturated carbocycles. The lowest BCUT2D eigenvalue weighted by Crippen LogP contribution is -2.19. The van der Waals surface area contributed by atoms with E-state index in [1.54, 1.807) is 26.0 Å². The van der Waals surface area contributed by atoms with Gasteiger partial charge < -0.3 is 5.43 Å². The van der Waals surface area contributed by atoms with Crippen LogP contribution in [0, 0.1) is 20.8 Å². The molecule has 1 heterocycles. The van der Waals surface area contributed by atoms with E-state index in [9.17, 15) is 4.79 Å². The van der Waals surface area contributed by atoms with Crippen molar-refractivity contribution in [3.63, 3.8) is 0 Å². The molecule has 2 aromatic rings. The van der Waals surface area contributed by atoms with E-state index in [0.717, 1.165) is 17.0 Å². The average molecular weight is 272 g/mol. The van der Waals surface area contributed by atoms with E-state index in [1.165, 1.54) is 0 Å². The molecule has 4 N–H and O–H groups in total. The highest BCUT2D eigenvalue weighted by molar-refractivity contribution is 6.07. The largest absolute Gasteiger partial charge is 0.323 e. The first-order valence-corrected chi connectivity index (χ1v) is 6.08. The van der Waals surface area contributed by atoms with Crippen molar-refractivity contribution in [1.82, 2.24) is 15.2 Å². The van der Waals surface area contributed by atoms with E-state index in [2.05, 4.69) is 25.9 Å². The second kappa shape index (κ2) is 5.62. The number of anilines is 2. The molecule has 1 amide bonds. The summed E-state index contributed by atoms with van der Waals surface area (Å²) in [5, 5.41) is 10.4. The minimum atomic E-state index is -0.341. The van der Waals surface area contributed by atoms with Crippen LogP contribution in [0.4, 0.5) is 11.6 Å². The van der Waals surface area contributed by atoms with Gasteiger partial charge in [0.2, 0.25) is 5.95 Å². The van der Waals surface area contributed by atoms with Crippen LogP contribution in [0.2, 0.25) is 0 Å². The lowest BCUT2D eigenvalue weighted by molar-refractivity contribution is 0.102. The van der Waals surface area contributed by atoms with Crippen LogP contribution < -0.4 is 16.6 Å². The number of nitrogens with one attached hydrogen (secondary N) is 2. The minimum Gasteiger partial charge on any atom is -0.323 e. The molecule has 1 aromatic carbocycles. The van der Waals surface area contributed by atoms with Crippen LogP contribution in [0.1, 0.15) is 27.3 Å². The lowest BCUT2D eigenvalue weighted by atomic mass is 10.1. The monoisotopic (exact) mass is 272 g/mol. The van der Waals surface area contributed by atoms with Gasteiger partial charge in [-0.3, -0.25) is 16.0 Å². The Hall–Kier alpha value is -2.54. The standard InChI is InChI=1S/C13H16N6O/c1-7-4-5-11(17-14)10(6-7)12(20)16-13-15-8(2)9(3)18-19-13/h4-6,17H,14H2,1-3H3,(H,15,16,19,20). The fourth-order valence-electron chi connectivity index (χ4n) is 1.65. The van der Waals surface area contributed by atoms with Crippen molar-refractivity contribution in [1.29, 1.82) is 0 Å². The van der Waals surface area contributed by atoms with Crippen LogP contribution in [0.3, 0.4) is 0 Å². The van der Waals surface area contributed by atoms with Crippen LogP contribution in [-0.2, 0) is 0 Å². The first-order chi connectivity index (χ1) is 9.51. The molecular formula is C13H16N6O. The van der Waals surface area contributed by atoms with Crippen LogP contribution >= 0.6 is 0 Å². The molecule has 7 nitrogen and oxygen atoms in total. The number of rotatable bonds is 3. The molecular weight excluding hydrogens is 256 g/mol. The summed E-state index contributed by atoms with van der Waals surface area (Å²) in [6.45, 7) is 5.50. The van der Waals surface area contributed by atoms with Crippen LogP contribution in [0.15, 0.2) is 18.2 Å². The van der Waals surface area contributed by atoms with Gasteiger partial charge in [-0.2, -0.15) is 5.10 Å². The van der Waals surface area contributed by atoms with Crippen molar-refractivity contribution in [2.45, 2.75) is 20.8 Å². The van der Waals surface area contributed by atoms with Gasteiger partial charge in [-0.05, 0) is 32.9 Å². The molecule has 0 bridgehead atoms. The fraction of sp³-hybridized carbons (Fsp3) is 0.231. The Balaban J connectivity index is 2.27. The molecule has 7 heteroatoms. The Bertz CT molecular complexity index is 655. The van der Waals surface area contributed by atoms with E-state index in [0.29, 0.717) is 11.3 Å². The number of hydrogen-bond acceptors (Lipinski definition) is 6. The number of aromatic nitrogens is 3. The molecule has 0 aliphatic carbocycles. The summed E-state index contributed by atoms with van der Waals surface area (Å²) < 4.78 is 0. The predicted octanol–water partition coefficient (Wildman–Crippen LogP) is 1.33. The van der Waals surface area contributed by atoms with Gasteiger partial charge in [0.05, 0.1) is 22.6 Å². The van der Waals surface area contributed by atoms with Crippen molar-refractivity contribution >= 4 is 17.5 Å². The van der Waals surface area contributed by atoms with Crippen molar-refractivity contribution in [2.24, 2.45) is 5.84 Å². The van der Waals surface area contributed by atoms with Gasteiger partial charge in [0.15, 0.2) is 0 Å². The van der Waals surface area contributed by atoms with Crippen molar-refractivity contribution in [2.75, 3.05) is 10.7 Å². The molecule has 1 aromatic heterocycles. The Morgan fingerprint density at radius 3 is 2.55 bits per heavy atom. The van der Waals surface area contributed by atoms with Crippen molar-refractivity contribution in [3.05, 3.63) is 40.7 Å². The Morgan fingerprint density at radius 2 is 1.90 bits per heavy atom. The van der Waals surface area contributed by atoms with E-state index in [1.807, 2.05) is 13.0 Å². The summed E-state index contributed by atoms with van der Waals surface area (Å²) in [5.74, 6) is 5.23. The first-order valence-electron chi connectivity index (χ1n) is 6.08. The third-order valence-corrected chi connectivity index (χ3v) is 2.89. The highest BCUT2D eigenvalue weighted by Crippen LogP contribution is 2.17. The lowest BCUT2D eigenvalue weighted by Gasteiger charge is -2.10. The molecule has 0 radical (unpaired) electrons. The third kappa shape index (κ3) is 2.89. The highest BCUT2D eigenvalue weighted by Gasteiger charge is 2.13. The maximum atomic E-state index is 12.2. The van der Waals surface area contributed by atoms with E-state index in [-0.39, 0.29) is 11.9 Å². The normalized spacial score (nSPS) is 10.2. The van der Waals surface area contributed by atoms with Gasteiger partial charge in [-0.1, -0.05) is 11.6 Å². The summed E-state index contributed by atoms with van der Waals surface area (Å²) in [5.41, 5.74) is 5.85. The summed E-state index contributed by atoms with van der Waals surface area (Å²) in [7, 11) is 0. The number of hydrogen-bond donors (Lipinski definition) is 3. The van der Waals surface area contributed by atoms with Crippen LogP contribution in [-0.4, -0.2) is 21.1 Å². The fourth-order valence-corrected chi connectivity index (χ4v) is 1.65. The number of nitrogen functional groups attached to an aromatic ring is 1. The van der Waals surface area contributed by atoms with Crippen LogP contribution in [0.25, 0.3) is 0 Å². The highest BCUT2D eigenvalue weighted by atomic mass is 16.1. The van der Waals surface area contributed by atoms with Gasteiger partial charge in [0.25, 0.3) is 5.91 Å². The average Bonchev–Trinajstić information content (AvgIpc) is 2.43. The maximum Gasteiger partial charge on any atom is 0.260 e. The summed E-state index contributed by atoms with van der Waals surface area (Å²) in [6.07, 6.45) is 0. The minimum absolute atomic E-state index is 0.169. The zero-order valence-corrected chi connectivity index (χ0v) is 11.6. The molecule has 104 valence electrons. The van der Waals surface area contributed by atoms with Crippen molar-refractivity contribution < 1.29 is 4.79 Å². The first kappa shape index (κ1) is 13.9. The third-order valence-electron chi connectivity index (χ3n) is 2.89. The number of aryl methyl sites for hydroxylation is 3. The molecule has 0 fully saturated rings. The molecule has 20 heavy (non-hydrogen) atoms. The zero-order valence-electron chi connectivity index (χ0n) is 11.6.